The molecule has 32 heavy (non-hydrogen) atoms. The van der Waals surface area contributed by atoms with Gasteiger partial charge in [0.05, 0.1) is 12.9 Å². The summed E-state index contributed by atoms with van der Waals surface area (Å²) in [7, 11) is 0. The van der Waals surface area contributed by atoms with Crippen LogP contribution < -0.4 is 20.3 Å². The molecule has 2 aromatic carbocycles. The number of nitrogens with one attached hydrogen (secondary N) is 1. The van der Waals surface area contributed by atoms with Crippen LogP contribution in [0.3, 0.4) is 0 Å². The van der Waals surface area contributed by atoms with Crippen LogP contribution in [-0.4, -0.2) is 34.2 Å². The highest BCUT2D eigenvalue weighted by atomic mass is 16.5. The first-order valence-electron chi connectivity index (χ1n) is 10.5. The smallest absolute Gasteiger partial charge is 0.297 e. The van der Waals surface area contributed by atoms with Crippen molar-refractivity contribution in [3.05, 3.63) is 64.7 Å². The number of nitrogens with zero attached hydrogens (tertiary/aromatic N) is 2. The maximum atomic E-state index is 12.7. The van der Waals surface area contributed by atoms with Gasteiger partial charge in [-0.05, 0) is 32.0 Å². The monoisotopic (exact) mass is 433 g/mol. The number of hydrogen-bond donors (Lipinski definition) is 1. The van der Waals surface area contributed by atoms with Crippen molar-refractivity contribution in [3.8, 4) is 11.5 Å². The van der Waals surface area contributed by atoms with E-state index in [2.05, 4.69) is 10.3 Å². The Kier molecular flexibility index (Phi) is 4.84. The first kappa shape index (κ1) is 20.1. The van der Waals surface area contributed by atoms with E-state index in [4.69, 9.17) is 13.9 Å². The number of para-hydroxylation sites is 2. The van der Waals surface area contributed by atoms with Crippen LogP contribution >= 0.6 is 0 Å². The highest BCUT2D eigenvalue weighted by Gasteiger charge is 2.32. The second-order valence-electron chi connectivity index (χ2n) is 8.43. The van der Waals surface area contributed by atoms with E-state index in [0.717, 1.165) is 23.1 Å². The number of furan rings is 1. The first-order chi connectivity index (χ1) is 15.4. The van der Waals surface area contributed by atoms with Gasteiger partial charge in [0.1, 0.15) is 29.9 Å². The fourth-order valence-electron chi connectivity index (χ4n) is 3.99. The van der Waals surface area contributed by atoms with Crippen molar-refractivity contribution in [1.29, 1.82) is 0 Å². The first-order valence-corrected chi connectivity index (χ1v) is 10.5. The number of carbonyl (C=O) groups excluding carboxylic acids is 1. The number of fused-ring (bicyclic) bond motifs is 4. The molecule has 1 aliphatic rings. The molecule has 2 aromatic heterocycles. The lowest BCUT2D eigenvalue weighted by Gasteiger charge is -2.18. The van der Waals surface area contributed by atoms with Crippen LogP contribution in [-0.2, 0) is 17.8 Å². The van der Waals surface area contributed by atoms with E-state index < -0.39 is 5.56 Å². The van der Waals surface area contributed by atoms with E-state index in [1.54, 1.807) is 6.07 Å². The zero-order valence-corrected chi connectivity index (χ0v) is 17.9. The topological polar surface area (TPSA) is 95.6 Å². The minimum atomic E-state index is -0.391. The Morgan fingerprint density at radius 3 is 2.94 bits per heavy atom. The van der Waals surface area contributed by atoms with Crippen molar-refractivity contribution in [1.82, 2.24) is 14.9 Å². The third-order valence-corrected chi connectivity index (χ3v) is 5.40. The SMILES string of the molecule is CC1(C)Cc2cccc(OCCNC(=O)Cn3cnc4c(oc5ccccc54)c3=O)c2O1. The molecule has 0 atom stereocenters. The molecule has 0 fully saturated rings. The van der Waals surface area contributed by atoms with Crippen molar-refractivity contribution in [3.63, 3.8) is 0 Å². The highest BCUT2D eigenvalue weighted by molar-refractivity contribution is 6.01. The van der Waals surface area contributed by atoms with Gasteiger partial charge >= 0.3 is 0 Å². The summed E-state index contributed by atoms with van der Waals surface area (Å²) >= 11 is 0. The second kappa shape index (κ2) is 7.71. The van der Waals surface area contributed by atoms with Gasteiger partial charge < -0.3 is 19.2 Å². The fraction of sp³-hybridized carbons (Fsp3) is 0.292. The highest BCUT2D eigenvalue weighted by Crippen LogP contribution is 2.41. The summed E-state index contributed by atoms with van der Waals surface area (Å²) in [6.07, 6.45) is 2.20. The summed E-state index contributed by atoms with van der Waals surface area (Å²) in [5.41, 5.74) is 1.70. The number of rotatable bonds is 6. The molecule has 0 aliphatic carbocycles. The Morgan fingerprint density at radius 1 is 1.22 bits per heavy atom. The quantitative estimate of drug-likeness (QED) is 0.470. The molecule has 164 valence electrons. The maximum Gasteiger partial charge on any atom is 0.297 e. The Labute approximate surface area is 183 Å². The van der Waals surface area contributed by atoms with Crippen LogP contribution in [0.1, 0.15) is 19.4 Å². The van der Waals surface area contributed by atoms with Gasteiger partial charge in [0.25, 0.3) is 5.56 Å². The van der Waals surface area contributed by atoms with Crippen molar-refractivity contribution in [2.24, 2.45) is 0 Å². The van der Waals surface area contributed by atoms with Crippen LogP contribution in [0, 0.1) is 0 Å². The molecule has 0 spiro atoms. The summed E-state index contributed by atoms with van der Waals surface area (Å²) in [5.74, 6) is 1.11. The van der Waals surface area contributed by atoms with Gasteiger partial charge in [-0.25, -0.2) is 4.98 Å². The molecule has 0 unspecified atom stereocenters. The number of carbonyl (C=O) groups is 1. The number of aromatic nitrogens is 2. The summed E-state index contributed by atoms with van der Waals surface area (Å²) < 4.78 is 18.7. The van der Waals surface area contributed by atoms with Crippen molar-refractivity contribution in [2.75, 3.05) is 13.2 Å². The van der Waals surface area contributed by atoms with Crippen LogP contribution in [0.25, 0.3) is 22.1 Å². The Morgan fingerprint density at radius 2 is 2.06 bits per heavy atom. The van der Waals surface area contributed by atoms with Gasteiger partial charge in [-0.2, -0.15) is 0 Å². The molecule has 5 rings (SSSR count). The van der Waals surface area contributed by atoms with E-state index in [9.17, 15) is 9.59 Å². The maximum absolute atomic E-state index is 12.7. The molecule has 0 saturated carbocycles. The summed E-state index contributed by atoms with van der Waals surface area (Å²) in [5, 5.41) is 3.54. The van der Waals surface area contributed by atoms with E-state index in [1.807, 2.05) is 50.2 Å². The molecule has 0 radical (unpaired) electrons. The molecular formula is C24H23N3O5. The lowest BCUT2D eigenvalue weighted by Crippen LogP contribution is -2.34. The summed E-state index contributed by atoms with van der Waals surface area (Å²) in [6.45, 7) is 4.49. The molecule has 4 aromatic rings. The zero-order valence-electron chi connectivity index (χ0n) is 17.9. The van der Waals surface area contributed by atoms with Gasteiger partial charge in [0.15, 0.2) is 11.5 Å². The molecule has 8 heteroatoms. The summed E-state index contributed by atoms with van der Waals surface area (Å²) in [6, 6.07) is 13.1. The lowest BCUT2D eigenvalue weighted by atomic mass is 10.0. The Bertz CT molecular complexity index is 1390. The predicted molar refractivity (Wildman–Crippen MR) is 119 cm³/mol. The van der Waals surface area contributed by atoms with Gasteiger partial charge in [-0.3, -0.25) is 14.2 Å². The third-order valence-electron chi connectivity index (χ3n) is 5.40. The molecular weight excluding hydrogens is 410 g/mol. The largest absolute Gasteiger partial charge is 0.488 e. The summed E-state index contributed by atoms with van der Waals surface area (Å²) in [4.78, 5) is 29.4. The normalized spacial score (nSPS) is 14.3. The molecule has 1 N–H and O–H groups in total. The molecule has 1 amide bonds. The molecule has 8 nitrogen and oxygen atoms in total. The third kappa shape index (κ3) is 3.68. The van der Waals surface area contributed by atoms with Crippen LogP contribution in [0.15, 0.2) is 58.0 Å². The standard InChI is InChI=1S/C24H23N3O5/c1-24(2)12-15-6-5-9-18(21(15)32-24)30-11-10-25-19(28)13-27-14-26-20-16-7-3-4-8-17(16)31-22(20)23(27)29/h3-9,14H,10-13H2,1-2H3,(H,25,28). The lowest BCUT2D eigenvalue weighted by molar-refractivity contribution is -0.121. The number of hydrogen-bond acceptors (Lipinski definition) is 6. The van der Waals surface area contributed by atoms with Crippen molar-refractivity contribution in [2.45, 2.75) is 32.4 Å². The average molecular weight is 433 g/mol. The molecule has 3 heterocycles. The predicted octanol–water partition coefficient (Wildman–Crippen LogP) is 3.05. The second-order valence-corrected chi connectivity index (χ2v) is 8.43. The molecule has 0 saturated heterocycles. The van der Waals surface area contributed by atoms with Gasteiger partial charge in [0.2, 0.25) is 11.5 Å². The van der Waals surface area contributed by atoms with Gasteiger partial charge in [-0.15, -0.1) is 0 Å². The molecule has 0 bridgehead atoms. The Hall–Kier alpha value is -3.81. The number of benzene rings is 2. The van der Waals surface area contributed by atoms with Crippen LogP contribution in [0.2, 0.25) is 0 Å². The molecule has 1 aliphatic heterocycles. The minimum absolute atomic E-state index is 0.144. The van der Waals surface area contributed by atoms with E-state index >= 15 is 0 Å². The average Bonchev–Trinajstić information content (AvgIpc) is 3.30. The van der Waals surface area contributed by atoms with Crippen LogP contribution in [0.5, 0.6) is 11.5 Å². The minimum Gasteiger partial charge on any atom is -0.488 e. The van der Waals surface area contributed by atoms with Crippen molar-refractivity contribution >= 4 is 28.0 Å². The van der Waals surface area contributed by atoms with Crippen LogP contribution in [0.4, 0.5) is 0 Å². The fourth-order valence-corrected chi connectivity index (χ4v) is 3.99. The van der Waals surface area contributed by atoms with Crippen molar-refractivity contribution < 1.29 is 18.7 Å². The van der Waals surface area contributed by atoms with E-state index in [-0.39, 0.29) is 30.2 Å². The van der Waals surface area contributed by atoms with E-state index in [0.29, 0.717) is 23.4 Å². The van der Waals surface area contributed by atoms with Gasteiger partial charge in [0, 0.05) is 17.4 Å². The van der Waals surface area contributed by atoms with E-state index in [1.165, 1.54) is 10.9 Å². The van der Waals surface area contributed by atoms with Gasteiger partial charge in [-0.1, -0.05) is 24.3 Å². The number of ether oxygens (including phenoxy) is 2. The number of amides is 1. The Balaban J connectivity index is 1.20. The zero-order chi connectivity index (χ0) is 22.3.